The van der Waals surface area contributed by atoms with Crippen molar-refractivity contribution in [1.82, 2.24) is 15.5 Å². The van der Waals surface area contributed by atoms with E-state index in [4.69, 9.17) is 0 Å². The lowest BCUT2D eigenvalue weighted by Crippen LogP contribution is -2.38. The van der Waals surface area contributed by atoms with E-state index >= 15 is 0 Å². The van der Waals surface area contributed by atoms with Crippen LogP contribution in [0.5, 0.6) is 0 Å². The molecule has 1 aromatic rings. The van der Waals surface area contributed by atoms with Gasteiger partial charge in [-0.15, -0.1) is 24.0 Å². The van der Waals surface area contributed by atoms with Crippen molar-refractivity contribution in [2.45, 2.75) is 51.4 Å². The first kappa shape index (κ1) is 24.7. The van der Waals surface area contributed by atoms with Gasteiger partial charge in [0.25, 0.3) is 5.91 Å². The molecule has 1 amide bonds. The van der Waals surface area contributed by atoms with E-state index in [-0.39, 0.29) is 29.9 Å². The molecule has 0 spiro atoms. The zero-order valence-electron chi connectivity index (χ0n) is 17.7. The molecule has 0 radical (unpaired) electrons. The molecule has 0 bridgehead atoms. The molecule has 0 atom stereocenters. The van der Waals surface area contributed by atoms with Crippen molar-refractivity contribution in [2.24, 2.45) is 10.9 Å². The Morgan fingerprint density at radius 2 is 1.86 bits per heavy atom. The van der Waals surface area contributed by atoms with Crippen LogP contribution in [0, 0.1) is 5.92 Å². The predicted octanol–water partition coefficient (Wildman–Crippen LogP) is 4.07. The summed E-state index contributed by atoms with van der Waals surface area (Å²) in [5.74, 6) is 1.84. The van der Waals surface area contributed by atoms with Gasteiger partial charge >= 0.3 is 0 Å². The molecule has 0 aromatic heterocycles. The number of nitrogens with zero attached hydrogens (tertiary/aromatic N) is 2. The second-order valence-electron chi connectivity index (χ2n) is 7.72. The lowest BCUT2D eigenvalue weighted by atomic mass is 9.86. The number of hydrogen-bond acceptors (Lipinski definition) is 2. The van der Waals surface area contributed by atoms with Gasteiger partial charge in [0, 0.05) is 39.8 Å². The number of guanidine groups is 1. The topological polar surface area (TPSA) is 56.7 Å². The lowest BCUT2D eigenvalue weighted by Gasteiger charge is -2.21. The number of aliphatic imine (C=N–C) groups is 1. The summed E-state index contributed by atoms with van der Waals surface area (Å²) in [6.45, 7) is 1.77. The van der Waals surface area contributed by atoms with Crippen molar-refractivity contribution in [3.8, 4) is 0 Å². The van der Waals surface area contributed by atoms with Gasteiger partial charge < -0.3 is 15.5 Å². The molecule has 1 aromatic carbocycles. The molecule has 1 fully saturated rings. The molecule has 6 heteroatoms. The summed E-state index contributed by atoms with van der Waals surface area (Å²) in [7, 11) is 5.37. The van der Waals surface area contributed by atoms with Gasteiger partial charge in [-0.3, -0.25) is 9.79 Å². The fourth-order valence-electron chi connectivity index (χ4n) is 3.74. The van der Waals surface area contributed by atoms with Crippen LogP contribution >= 0.6 is 24.0 Å². The highest BCUT2D eigenvalue weighted by Gasteiger charge is 2.12. The third-order valence-corrected chi connectivity index (χ3v) is 5.32. The van der Waals surface area contributed by atoms with Gasteiger partial charge in [0.05, 0.1) is 0 Å². The molecular formula is C22H37IN4O. The Morgan fingerprint density at radius 3 is 2.54 bits per heavy atom. The molecule has 158 valence electrons. The van der Waals surface area contributed by atoms with Gasteiger partial charge in [-0.2, -0.15) is 0 Å². The van der Waals surface area contributed by atoms with Crippen LogP contribution in [0.4, 0.5) is 0 Å². The van der Waals surface area contributed by atoms with Gasteiger partial charge in [0.2, 0.25) is 0 Å². The minimum Gasteiger partial charge on any atom is -0.356 e. The summed E-state index contributed by atoms with van der Waals surface area (Å²) < 4.78 is 0. The summed E-state index contributed by atoms with van der Waals surface area (Å²) in [4.78, 5) is 18.0. The molecule has 2 N–H and O–H groups in total. The van der Waals surface area contributed by atoms with E-state index in [2.05, 4.69) is 21.7 Å². The normalized spacial score (nSPS) is 14.9. The number of nitrogens with one attached hydrogen (secondary N) is 2. The minimum absolute atomic E-state index is 0. The molecule has 28 heavy (non-hydrogen) atoms. The molecule has 2 rings (SSSR count). The number of halogens is 1. The van der Waals surface area contributed by atoms with E-state index in [9.17, 15) is 4.79 Å². The van der Waals surface area contributed by atoms with Crippen molar-refractivity contribution < 1.29 is 4.79 Å². The number of carbonyl (C=O) groups excluding carboxylic acids is 1. The summed E-state index contributed by atoms with van der Waals surface area (Å²) in [5.41, 5.74) is 1.89. The Hall–Kier alpha value is -1.31. The molecule has 1 saturated carbocycles. The Balaban J connectivity index is 0.00000392. The van der Waals surface area contributed by atoms with Crippen molar-refractivity contribution >= 4 is 35.8 Å². The van der Waals surface area contributed by atoms with Gasteiger partial charge in [-0.05, 0) is 42.9 Å². The molecule has 0 aliphatic heterocycles. The Labute approximate surface area is 187 Å². The quantitative estimate of drug-likeness (QED) is 0.245. The van der Waals surface area contributed by atoms with E-state index in [1.165, 1.54) is 44.9 Å². The maximum atomic E-state index is 12.1. The Kier molecular flexibility index (Phi) is 12.2. The minimum atomic E-state index is 0. The van der Waals surface area contributed by atoms with Crippen molar-refractivity contribution in [1.29, 1.82) is 0 Å². The van der Waals surface area contributed by atoms with Gasteiger partial charge in [-0.1, -0.05) is 44.2 Å². The second kappa shape index (κ2) is 13.8. The first-order valence-corrected chi connectivity index (χ1v) is 10.3. The highest BCUT2D eigenvalue weighted by Crippen LogP contribution is 2.26. The van der Waals surface area contributed by atoms with Gasteiger partial charge in [0.1, 0.15) is 0 Å². The zero-order valence-corrected chi connectivity index (χ0v) is 20.0. The van der Waals surface area contributed by atoms with E-state index in [1.54, 1.807) is 19.0 Å². The molecule has 1 aliphatic rings. The number of benzene rings is 1. The van der Waals surface area contributed by atoms with E-state index in [0.29, 0.717) is 0 Å². The fraction of sp³-hybridized carbons (Fsp3) is 0.636. The average molecular weight is 500 g/mol. The monoisotopic (exact) mass is 500 g/mol. The third kappa shape index (κ3) is 8.80. The molecule has 5 nitrogen and oxygen atoms in total. The van der Waals surface area contributed by atoms with Crippen LogP contribution in [-0.2, 0) is 6.42 Å². The molecule has 0 heterocycles. The maximum absolute atomic E-state index is 12.1. The van der Waals surface area contributed by atoms with Crippen LogP contribution in [0.15, 0.2) is 29.3 Å². The van der Waals surface area contributed by atoms with Crippen molar-refractivity contribution in [3.63, 3.8) is 0 Å². The SMILES string of the molecule is CN=C(NCCCC1CCCCC1)NCCc1cccc(C(=O)N(C)C)c1.I. The van der Waals surface area contributed by atoms with Crippen LogP contribution in [0.3, 0.4) is 0 Å². The van der Waals surface area contributed by atoms with Gasteiger partial charge in [-0.25, -0.2) is 0 Å². The van der Waals surface area contributed by atoms with E-state index in [0.717, 1.165) is 42.5 Å². The van der Waals surface area contributed by atoms with Crippen LogP contribution in [0.2, 0.25) is 0 Å². The number of rotatable bonds is 8. The van der Waals surface area contributed by atoms with Crippen LogP contribution < -0.4 is 10.6 Å². The maximum Gasteiger partial charge on any atom is 0.253 e. The summed E-state index contributed by atoms with van der Waals surface area (Å²) in [5, 5.41) is 6.79. The molecule has 0 unspecified atom stereocenters. The van der Waals surface area contributed by atoms with E-state index < -0.39 is 0 Å². The number of hydrogen-bond donors (Lipinski definition) is 2. The van der Waals surface area contributed by atoms with Crippen molar-refractivity contribution in [2.75, 3.05) is 34.2 Å². The first-order valence-electron chi connectivity index (χ1n) is 10.3. The summed E-state index contributed by atoms with van der Waals surface area (Å²) >= 11 is 0. The summed E-state index contributed by atoms with van der Waals surface area (Å²) in [6, 6.07) is 7.86. The van der Waals surface area contributed by atoms with Crippen LogP contribution in [0.25, 0.3) is 0 Å². The first-order chi connectivity index (χ1) is 13.1. The third-order valence-electron chi connectivity index (χ3n) is 5.32. The number of carbonyl (C=O) groups is 1. The zero-order chi connectivity index (χ0) is 19.5. The Morgan fingerprint density at radius 1 is 1.14 bits per heavy atom. The average Bonchev–Trinajstić information content (AvgIpc) is 2.70. The highest BCUT2D eigenvalue weighted by atomic mass is 127. The second-order valence-corrected chi connectivity index (χ2v) is 7.72. The standard InChI is InChI=1S/C22H36N4O.HI/c1-23-22(24-15-8-12-18-9-5-4-6-10-18)25-16-14-19-11-7-13-20(17-19)21(27)26(2)3;/h7,11,13,17-18H,4-6,8-10,12,14-16H2,1-3H3,(H2,23,24,25);1H. The predicted molar refractivity (Wildman–Crippen MR) is 129 cm³/mol. The molecule has 0 saturated heterocycles. The highest BCUT2D eigenvalue weighted by molar-refractivity contribution is 14.0. The molecular weight excluding hydrogens is 463 g/mol. The van der Waals surface area contributed by atoms with Crippen LogP contribution in [-0.4, -0.2) is 51.0 Å². The van der Waals surface area contributed by atoms with Gasteiger partial charge in [0.15, 0.2) is 5.96 Å². The van der Waals surface area contributed by atoms with Crippen molar-refractivity contribution in [3.05, 3.63) is 35.4 Å². The summed E-state index contributed by atoms with van der Waals surface area (Å²) in [6.07, 6.45) is 10.5. The Bertz CT molecular complexity index is 612. The molecule has 1 aliphatic carbocycles. The smallest absolute Gasteiger partial charge is 0.253 e. The van der Waals surface area contributed by atoms with E-state index in [1.807, 2.05) is 25.2 Å². The van der Waals surface area contributed by atoms with Crippen LogP contribution in [0.1, 0.15) is 60.9 Å². The largest absolute Gasteiger partial charge is 0.356 e. The number of amides is 1. The fourth-order valence-corrected chi connectivity index (χ4v) is 3.74. The lowest BCUT2D eigenvalue weighted by molar-refractivity contribution is 0.0827.